The molecule has 5 nitrogen and oxygen atoms in total. The molecule has 1 aromatic carbocycles. The Hall–Kier alpha value is -1.75. The first-order valence-electron chi connectivity index (χ1n) is 6.75. The van der Waals surface area contributed by atoms with E-state index in [-0.39, 0.29) is 12.0 Å². The fourth-order valence-corrected chi connectivity index (χ4v) is 2.43. The Labute approximate surface area is 119 Å². The SMILES string of the molecule is COc1cccc(OC)c1C(=O)N(C)CC1CCCO1. The molecule has 2 rings (SSSR count). The highest BCUT2D eigenvalue weighted by molar-refractivity contribution is 5.99. The maximum atomic E-state index is 12.6. The van der Waals surface area contributed by atoms with Crippen LogP contribution in [-0.2, 0) is 4.74 Å². The van der Waals surface area contributed by atoms with Crippen LogP contribution in [0, 0.1) is 0 Å². The van der Waals surface area contributed by atoms with Crippen molar-refractivity contribution in [3.63, 3.8) is 0 Å². The fourth-order valence-electron chi connectivity index (χ4n) is 2.43. The second kappa shape index (κ2) is 6.61. The van der Waals surface area contributed by atoms with Crippen LogP contribution >= 0.6 is 0 Å². The first-order valence-corrected chi connectivity index (χ1v) is 6.75. The van der Waals surface area contributed by atoms with E-state index >= 15 is 0 Å². The van der Waals surface area contributed by atoms with Gasteiger partial charge in [0.15, 0.2) is 0 Å². The molecule has 5 heteroatoms. The average molecular weight is 279 g/mol. The van der Waals surface area contributed by atoms with Gasteiger partial charge in [0.2, 0.25) is 0 Å². The summed E-state index contributed by atoms with van der Waals surface area (Å²) in [5, 5.41) is 0. The number of benzene rings is 1. The highest BCUT2D eigenvalue weighted by Gasteiger charge is 2.25. The molecule has 1 aliphatic rings. The molecular weight excluding hydrogens is 258 g/mol. The van der Waals surface area contributed by atoms with Gasteiger partial charge in [-0.25, -0.2) is 0 Å². The smallest absolute Gasteiger partial charge is 0.261 e. The Kier molecular flexibility index (Phi) is 4.84. The lowest BCUT2D eigenvalue weighted by Gasteiger charge is -2.22. The molecule has 1 amide bonds. The van der Waals surface area contributed by atoms with E-state index < -0.39 is 0 Å². The zero-order valence-electron chi connectivity index (χ0n) is 12.2. The summed E-state index contributed by atoms with van der Waals surface area (Å²) >= 11 is 0. The van der Waals surface area contributed by atoms with Crippen LogP contribution < -0.4 is 9.47 Å². The van der Waals surface area contributed by atoms with Crippen LogP contribution in [0.3, 0.4) is 0 Å². The van der Waals surface area contributed by atoms with E-state index in [2.05, 4.69) is 0 Å². The Morgan fingerprint density at radius 3 is 2.50 bits per heavy atom. The van der Waals surface area contributed by atoms with Crippen molar-refractivity contribution in [3.8, 4) is 11.5 Å². The maximum Gasteiger partial charge on any atom is 0.261 e. The highest BCUT2D eigenvalue weighted by Crippen LogP contribution is 2.29. The minimum absolute atomic E-state index is 0.116. The van der Waals surface area contributed by atoms with Gasteiger partial charge in [-0.3, -0.25) is 4.79 Å². The third-order valence-electron chi connectivity index (χ3n) is 3.49. The van der Waals surface area contributed by atoms with Crippen molar-refractivity contribution in [2.75, 3.05) is 34.4 Å². The van der Waals surface area contributed by atoms with E-state index in [0.717, 1.165) is 19.4 Å². The molecule has 1 saturated heterocycles. The van der Waals surface area contributed by atoms with Crippen LogP contribution in [0.2, 0.25) is 0 Å². The van der Waals surface area contributed by atoms with Crippen LogP contribution in [0.4, 0.5) is 0 Å². The molecule has 20 heavy (non-hydrogen) atoms. The summed E-state index contributed by atoms with van der Waals surface area (Å²) in [6.45, 7) is 1.37. The van der Waals surface area contributed by atoms with Crippen LogP contribution in [-0.4, -0.2) is 51.3 Å². The monoisotopic (exact) mass is 279 g/mol. The second-order valence-electron chi connectivity index (χ2n) is 4.86. The first-order chi connectivity index (χ1) is 9.67. The Morgan fingerprint density at radius 2 is 2.00 bits per heavy atom. The summed E-state index contributed by atoms with van der Waals surface area (Å²) in [4.78, 5) is 14.3. The molecule has 0 radical (unpaired) electrons. The van der Waals surface area contributed by atoms with Gasteiger partial charge in [0.1, 0.15) is 17.1 Å². The maximum absolute atomic E-state index is 12.6. The number of amides is 1. The van der Waals surface area contributed by atoms with E-state index in [9.17, 15) is 4.79 Å². The Bertz CT molecular complexity index is 447. The Morgan fingerprint density at radius 1 is 1.35 bits per heavy atom. The van der Waals surface area contributed by atoms with Crippen molar-refractivity contribution >= 4 is 5.91 Å². The van der Waals surface area contributed by atoms with E-state index in [1.165, 1.54) is 0 Å². The van der Waals surface area contributed by atoms with Crippen LogP contribution in [0.1, 0.15) is 23.2 Å². The van der Waals surface area contributed by atoms with Crippen LogP contribution in [0.5, 0.6) is 11.5 Å². The molecule has 1 atom stereocenters. The van der Waals surface area contributed by atoms with Gasteiger partial charge in [-0.2, -0.15) is 0 Å². The predicted molar refractivity (Wildman–Crippen MR) is 75.5 cm³/mol. The summed E-state index contributed by atoms with van der Waals surface area (Å²) in [5.74, 6) is 0.928. The minimum Gasteiger partial charge on any atom is -0.496 e. The number of carbonyl (C=O) groups excluding carboxylic acids is 1. The molecule has 0 aromatic heterocycles. The summed E-state index contributed by atoms with van der Waals surface area (Å²) in [7, 11) is 4.87. The lowest BCUT2D eigenvalue weighted by Crippen LogP contribution is -2.34. The fraction of sp³-hybridized carbons (Fsp3) is 0.533. The number of likely N-dealkylation sites (N-methyl/N-ethyl adjacent to an activating group) is 1. The van der Waals surface area contributed by atoms with Crippen molar-refractivity contribution in [2.24, 2.45) is 0 Å². The number of ether oxygens (including phenoxy) is 3. The summed E-state index contributed by atoms with van der Waals surface area (Å²) in [6, 6.07) is 5.32. The van der Waals surface area contributed by atoms with Gasteiger partial charge >= 0.3 is 0 Å². The van der Waals surface area contributed by atoms with Crippen molar-refractivity contribution in [2.45, 2.75) is 18.9 Å². The number of hydrogen-bond donors (Lipinski definition) is 0. The quantitative estimate of drug-likeness (QED) is 0.826. The predicted octanol–water partition coefficient (Wildman–Crippen LogP) is 1.95. The summed E-state index contributed by atoms with van der Waals surface area (Å²) < 4.78 is 16.1. The van der Waals surface area contributed by atoms with Gasteiger partial charge in [-0.05, 0) is 25.0 Å². The third-order valence-corrected chi connectivity index (χ3v) is 3.49. The lowest BCUT2D eigenvalue weighted by molar-refractivity contribution is 0.0582. The molecule has 0 bridgehead atoms. The van der Waals surface area contributed by atoms with Gasteiger partial charge < -0.3 is 19.1 Å². The van der Waals surface area contributed by atoms with Crippen molar-refractivity contribution in [1.82, 2.24) is 4.90 Å². The molecular formula is C15H21NO4. The van der Waals surface area contributed by atoms with Gasteiger partial charge in [0, 0.05) is 20.2 Å². The molecule has 0 N–H and O–H groups in total. The van der Waals surface area contributed by atoms with Crippen molar-refractivity contribution in [3.05, 3.63) is 23.8 Å². The normalized spacial score (nSPS) is 17.9. The minimum atomic E-state index is -0.116. The molecule has 1 fully saturated rings. The second-order valence-corrected chi connectivity index (χ2v) is 4.86. The van der Waals surface area contributed by atoms with E-state index in [1.807, 2.05) is 0 Å². The number of methoxy groups -OCH3 is 2. The van der Waals surface area contributed by atoms with Gasteiger partial charge in [0.05, 0.1) is 20.3 Å². The van der Waals surface area contributed by atoms with Gasteiger partial charge in [-0.15, -0.1) is 0 Å². The first kappa shape index (κ1) is 14.7. The van der Waals surface area contributed by atoms with Gasteiger partial charge in [0.25, 0.3) is 5.91 Å². The standard InChI is InChI=1S/C15H21NO4/c1-16(10-11-6-5-9-20-11)15(17)14-12(18-2)7-4-8-13(14)19-3/h4,7-8,11H,5-6,9-10H2,1-3H3. The number of hydrogen-bond acceptors (Lipinski definition) is 4. The van der Waals surface area contributed by atoms with E-state index in [1.54, 1.807) is 44.4 Å². The highest BCUT2D eigenvalue weighted by atomic mass is 16.5. The molecule has 1 heterocycles. The lowest BCUT2D eigenvalue weighted by atomic mass is 10.1. The molecule has 0 aliphatic carbocycles. The molecule has 0 saturated carbocycles. The topological polar surface area (TPSA) is 48.0 Å². The molecule has 0 spiro atoms. The van der Waals surface area contributed by atoms with E-state index in [0.29, 0.717) is 23.6 Å². The molecule has 1 aromatic rings. The zero-order valence-corrected chi connectivity index (χ0v) is 12.2. The van der Waals surface area contributed by atoms with Crippen LogP contribution in [0.15, 0.2) is 18.2 Å². The molecule has 110 valence electrons. The third kappa shape index (κ3) is 3.04. The number of nitrogens with zero attached hydrogens (tertiary/aromatic N) is 1. The van der Waals surface area contributed by atoms with Crippen molar-refractivity contribution in [1.29, 1.82) is 0 Å². The Balaban J connectivity index is 2.18. The van der Waals surface area contributed by atoms with Crippen LogP contribution in [0.25, 0.3) is 0 Å². The number of carbonyl (C=O) groups is 1. The van der Waals surface area contributed by atoms with Crippen molar-refractivity contribution < 1.29 is 19.0 Å². The van der Waals surface area contributed by atoms with Gasteiger partial charge in [-0.1, -0.05) is 6.07 Å². The summed E-state index contributed by atoms with van der Waals surface area (Å²) in [6.07, 6.45) is 2.19. The molecule has 1 aliphatic heterocycles. The largest absolute Gasteiger partial charge is 0.496 e. The number of rotatable bonds is 5. The summed E-state index contributed by atoms with van der Waals surface area (Å²) in [5.41, 5.74) is 0.456. The molecule has 1 unspecified atom stereocenters. The van der Waals surface area contributed by atoms with E-state index in [4.69, 9.17) is 14.2 Å². The average Bonchev–Trinajstić information content (AvgIpc) is 2.98. The zero-order chi connectivity index (χ0) is 14.5.